The highest BCUT2D eigenvalue weighted by molar-refractivity contribution is 6.47. The number of ether oxygens (including phenoxy) is 2. The molecule has 0 saturated heterocycles. The number of hydrogen-bond donors (Lipinski definition) is 0. The first-order chi connectivity index (χ1) is 11.2. The van der Waals surface area contributed by atoms with E-state index in [0.29, 0.717) is 0 Å². The van der Waals surface area contributed by atoms with Crippen molar-refractivity contribution in [2.75, 3.05) is 13.7 Å². The molecule has 0 aliphatic carbocycles. The van der Waals surface area contributed by atoms with E-state index >= 15 is 0 Å². The van der Waals surface area contributed by atoms with Gasteiger partial charge in [-0.3, -0.25) is 14.6 Å². The molecule has 0 heterocycles. The summed E-state index contributed by atoms with van der Waals surface area (Å²) < 4.78 is 9.40. The van der Waals surface area contributed by atoms with Gasteiger partial charge in [0.1, 0.15) is 11.3 Å². The second-order valence-corrected chi connectivity index (χ2v) is 5.65. The van der Waals surface area contributed by atoms with Crippen LogP contribution in [-0.4, -0.2) is 37.7 Å². The number of carbonyl (C=O) groups excluding carboxylic acids is 3. The van der Waals surface area contributed by atoms with E-state index in [0.717, 1.165) is 13.3 Å². The topological polar surface area (TPSA) is 82.0 Å². The number of hydrogen-bond acceptors (Lipinski definition) is 6. The Balaban J connectivity index is 3.35. The molecule has 0 radical (unpaired) electrons. The van der Waals surface area contributed by atoms with Gasteiger partial charge in [0.15, 0.2) is 5.92 Å². The highest BCUT2D eigenvalue weighted by Gasteiger charge is 2.24. The van der Waals surface area contributed by atoms with Gasteiger partial charge in [0.25, 0.3) is 0 Å². The zero-order chi connectivity index (χ0) is 18.4. The number of ketones is 1. The maximum Gasteiger partial charge on any atom is 0.341 e. The number of aliphatic imine (C=N–C) groups is 1. The first-order valence-electron chi connectivity index (χ1n) is 6.71. The van der Waals surface area contributed by atoms with Crippen LogP contribution in [0.25, 0.3) is 0 Å². The number of rotatable bonds is 6. The zero-order valence-electron chi connectivity index (χ0n) is 13.1. The Morgan fingerprint density at radius 2 is 1.88 bits per heavy atom. The minimum Gasteiger partial charge on any atom is -0.468 e. The van der Waals surface area contributed by atoms with E-state index < -0.39 is 23.6 Å². The third-order valence-electron chi connectivity index (χ3n) is 2.87. The van der Waals surface area contributed by atoms with E-state index in [1.165, 1.54) is 13.0 Å². The highest BCUT2D eigenvalue weighted by atomic mass is 35.5. The van der Waals surface area contributed by atoms with E-state index in [2.05, 4.69) is 9.73 Å². The van der Waals surface area contributed by atoms with Gasteiger partial charge in [0, 0.05) is 6.21 Å². The summed E-state index contributed by atoms with van der Waals surface area (Å²) in [5.41, 5.74) is -0.0819. The number of carbonyl (C=O) groups is 3. The first-order valence-corrected chi connectivity index (χ1v) is 7.85. The van der Waals surface area contributed by atoms with Crippen molar-refractivity contribution in [1.82, 2.24) is 0 Å². The molecule has 0 spiro atoms. The Bertz CT molecular complexity index is 703. The van der Waals surface area contributed by atoms with Gasteiger partial charge in [0.2, 0.25) is 0 Å². The molecule has 0 aliphatic heterocycles. The SMILES string of the molecule is CCOC(=O)c1c(Cl)c(Cl)cc(N=CC(C(C)=O)C(=O)OC)c1Cl. The fraction of sp³-hybridized carbons (Fsp3) is 0.333. The number of halogens is 3. The molecule has 24 heavy (non-hydrogen) atoms. The van der Waals surface area contributed by atoms with Crippen LogP contribution in [-0.2, 0) is 19.1 Å². The van der Waals surface area contributed by atoms with Crippen LogP contribution in [0.1, 0.15) is 24.2 Å². The molecular formula is C15H14Cl3NO5. The van der Waals surface area contributed by atoms with Gasteiger partial charge in [0.05, 0.1) is 34.5 Å². The lowest BCUT2D eigenvalue weighted by atomic mass is 10.1. The van der Waals surface area contributed by atoms with Crippen molar-refractivity contribution in [3.63, 3.8) is 0 Å². The Kier molecular flexibility index (Phi) is 7.66. The maximum atomic E-state index is 12.0. The van der Waals surface area contributed by atoms with Crippen molar-refractivity contribution >= 4 is 64.4 Å². The second kappa shape index (κ2) is 9.01. The average molecular weight is 395 g/mol. The van der Waals surface area contributed by atoms with E-state index in [4.69, 9.17) is 39.5 Å². The number of esters is 2. The fourth-order valence-corrected chi connectivity index (χ4v) is 2.43. The molecule has 9 heteroatoms. The molecule has 1 aromatic carbocycles. The van der Waals surface area contributed by atoms with Crippen molar-refractivity contribution in [3.05, 3.63) is 26.7 Å². The number of nitrogens with zero attached hydrogens (tertiary/aromatic N) is 1. The van der Waals surface area contributed by atoms with E-state index in [9.17, 15) is 14.4 Å². The van der Waals surface area contributed by atoms with Gasteiger partial charge >= 0.3 is 11.9 Å². The second-order valence-electron chi connectivity index (χ2n) is 4.49. The normalized spacial score (nSPS) is 12.1. The van der Waals surface area contributed by atoms with E-state index in [1.807, 2.05) is 0 Å². The lowest BCUT2D eigenvalue weighted by Crippen LogP contribution is -2.24. The monoisotopic (exact) mass is 393 g/mol. The number of benzene rings is 1. The molecule has 6 nitrogen and oxygen atoms in total. The van der Waals surface area contributed by atoms with Crippen molar-refractivity contribution < 1.29 is 23.9 Å². The number of Topliss-reactive ketones (excluding diaryl/α,β-unsaturated/α-hetero) is 1. The molecule has 0 saturated carbocycles. The molecule has 1 rings (SSSR count). The fourth-order valence-electron chi connectivity index (χ4n) is 1.68. The quantitative estimate of drug-likeness (QED) is 0.316. The van der Waals surface area contributed by atoms with Crippen LogP contribution in [0.5, 0.6) is 0 Å². The van der Waals surface area contributed by atoms with Crippen molar-refractivity contribution in [3.8, 4) is 0 Å². The van der Waals surface area contributed by atoms with Crippen molar-refractivity contribution in [1.29, 1.82) is 0 Å². The first kappa shape index (κ1) is 20.4. The van der Waals surface area contributed by atoms with Gasteiger partial charge in [-0.2, -0.15) is 0 Å². The van der Waals surface area contributed by atoms with Gasteiger partial charge in [-0.15, -0.1) is 0 Å². The third kappa shape index (κ3) is 4.69. The summed E-state index contributed by atoms with van der Waals surface area (Å²) in [5.74, 6) is -3.20. The smallest absolute Gasteiger partial charge is 0.341 e. The predicted octanol–water partition coefficient (Wildman–Crippen LogP) is 3.90. The summed E-state index contributed by atoms with van der Waals surface area (Å²) in [6.45, 7) is 2.95. The molecule has 0 fully saturated rings. The van der Waals surface area contributed by atoms with Crippen LogP contribution in [0.4, 0.5) is 5.69 Å². The van der Waals surface area contributed by atoms with Gasteiger partial charge in [-0.05, 0) is 19.9 Å². The summed E-state index contributed by atoms with van der Waals surface area (Å²) >= 11 is 18.1. The Hall–Kier alpha value is -1.63. The van der Waals surface area contributed by atoms with Crippen LogP contribution in [0, 0.1) is 5.92 Å². The van der Waals surface area contributed by atoms with Crippen molar-refractivity contribution in [2.45, 2.75) is 13.8 Å². The van der Waals surface area contributed by atoms with Crippen LogP contribution in [0.15, 0.2) is 11.1 Å². The summed E-state index contributed by atoms with van der Waals surface area (Å²) in [6, 6.07) is 1.31. The van der Waals surface area contributed by atoms with Crippen LogP contribution < -0.4 is 0 Å². The number of methoxy groups -OCH3 is 1. The van der Waals surface area contributed by atoms with Gasteiger partial charge < -0.3 is 9.47 Å². The molecule has 0 amide bonds. The molecule has 0 aliphatic rings. The Labute approximate surface area is 153 Å². The minimum absolute atomic E-state index is 0.0220. The lowest BCUT2D eigenvalue weighted by Gasteiger charge is -2.11. The average Bonchev–Trinajstić information content (AvgIpc) is 2.52. The van der Waals surface area contributed by atoms with E-state index in [1.54, 1.807) is 6.92 Å². The molecule has 1 unspecified atom stereocenters. The summed E-state index contributed by atoms with van der Waals surface area (Å²) in [7, 11) is 1.15. The molecule has 0 bridgehead atoms. The maximum absolute atomic E-state index is 12.0. The molecular weight excluding hydrogens is 381 g/mol. The summed E-state index contributed by atoms with van der Waals surface area (Å²) in [4.78, 5) is 39.0. The van der Waals surface area contributed by atoms with Crippen LogP contribution in [0.2, 0.25) is 15.1 Å². The van der Waals surface area contributed by atoms with Gasteiger partial charge in [-0.25, -0.2) is 4.79 Å². The van der Waals surface area contributed by atoms with Crippen LogP contribution >= 0.6 is 34.8 Å². The van der Waals surface area contributed by atoms with E-state index in [-0.39, 0.29) is 32.9 Å². The molecule has 0 N–H and O–H groups in total. The Morgan fingerprint density at radius 3 is 2.38 bits per heavy atom. The summed E-state index contributed by atoms with van der Waals surface area (Å²) in [5, 5.41) is -0.157. The molecule has 0 aromatic heterocycles. The van der Waals surface area contributed by atoms with Crippen molar-refractivity contribution in [2.24, 2.45) is 10.9 Å². The highest BCUT2D eigenvalue weighted by Crippen LogP contribution is 2.39. The lowest BCUT2D eigenvalue weighted by molar-refractivity contribution is -0.145. The predicted molar refractivity (Wildman–Crippen MR) is 91.8 cm³/mol. The standard InChI is InChI=1S/C15H14Cl3NO5/c1-4-24-15(22)11-12(17)9(16)5-10(13(11)18)19-6-8(7(2)20)14(21)23-3/h5-6,8H,4H2,1-3H3. The zero-order valence-corrected chi connectivity index (χ0v) is 15.3. The Morgan fingerprint density at radius 1 is 1.25 bits per heavy atom. The molecule has 1 aromatic rings. The third-order valence-corrected chi connectivity index (χ3v) is 4.04. The largest absolute Gasteiger partial charge is 0.468 e. The van der Waals surface area contributed by atoms with Gasteiger partial charge in [-0.1, -0.05) is 34.8 Å². The molecule has 130 valence electrons. The molecule has 1 atom stereocenters. The minimum atomic E-state index is -1.20. The summed E-state index contributed by atoms with van der Waals surface area (Å²) in [6.07, 6.45) is 1.06. The van der Waals surface area contributed by atoms with Crippen LogP contribution in [0.3, 0.4) is 0 Å².